The van der Waals surface area contributed by atoms with Crippen molar-refractivity contribution in [1.82, 2.24) is 4.31 Å². The van der Waals surface area contributed by atoms with Crippen molar-refractivity contribution in [2.75, 3.05) is 19.7 Å². The summed E-state index contributed by atoms with van der Waals surface area (Å²) in [5, 5.41) is 0. The number of rotatable bonds is 5. The Bertz CT molecular complexity index is 898. The number of halogens is 3. The van der Waals surface area contributed by atoms with Crippen LogP contribution in [0.15, 0.2) is 53.4 Å². The highest BCUT2D eigenvalue weighted by molar-refractivity contribution is 7.89. The van der Waals surface area contributed by atoms with Crippen LogP contribution in [0.2, 0.25) is 0 Å². The zero-order valence-corrected chi connectivity index (χ0v) is 15.3. The van der Waals surface area contributed by atoms with Gasteiger partial charge in [-0.1, -0.05) is 19.1 Å². The van der Waals surface area contributed by atoms with Crippen LogP contribution in [0.3, 0.4) is 0 Å². The topological polar surface area (TPSA) is 55.8 Å². The van der Waals surface area contributed by atoms with Crippen molar-refractivity contribution in [1.29, 1.82) is 0 Å². The predicted octanol–water partition coefficient (Wildman–Crippen LogP) is 3.56. The average Bonchev–Trinajstić information content (AvgIpc) is 2.65. The second-order valence-electron chi connectivity index (χ2n) is 5.98. The highest BCUT2D eigenvalue weighted by atomic mass is 32.2. The fourth-order valence-corrected chi connectivity index (χ4v) is 4.22. The molecular formula is C18H18F3NO4S. The first-order chi connectivity index (χ1) is 12.7. The first-order valence-corrected chi connectivity index (χ1v) is 9.71. The molecule has 0 bridgehead atoms. The molecule has 27 heavy (non-hydrogen) atoms. The summed E-state index contributed by atoms with van der Waals surface area (Å²) in [5.74, 6) is 1.11. The van der Waals surface area contributed by atoms with Gasteiger partial charge in [-0.15, -0.1) is 0 Å². The number of benzene rings is 2. The zero-order chi connectivity index (χ0) is 19.7. The minimum absolute atomic E-state index is 0.0220. The van der Waals surface area contributed by atoms with Crippen LogP contribution in [-0.4, -0.2) is 38.5 Å². The van der Waals surface area contributed by atoms with Gasteiger partial charge in [0.15, 0.2) is 11.5 Å². The van der Waals surface area contributed by atoms with Crippen molar-refractivity contribution < 1.29 is 31.1 Å². The van der Waals surface area contributed by atoms with Crippen LogP contribution >= 0.6 is 0 Å². The minimum Gasteiger partial charge on any atom is -0.486 e. The van der Waals surface area contributed by atoms with Gasteiger partial charge in [-0.25, -0.2) is 8.42 Å². The summed E-state index contributed by atoms with van der Waals surface area (Å²) in [6.07, 6.45) is -5.04. The van der Waals surface area contributed by atoms with E-state index in [4.69, 9.17) is 9.47 Å². The van der Waals surface area contributed by atoms with E-state index in [1.54, 1.807) is 31.2 Å². The van der Waals surface area contributed by atoms with Crippen LogP contribution < -0.4 is 9.47 Å². The number of likely N-dealkylation sites (N-methyl/N-ethyl adjacent to an activating group) is 1. The Labute approximate surface area is 155 Å². The van der Waals surface area contributed by atoms with Gasteiger partial charge < -0.3 is 9.47 Å². The molecule has 0 aromatic heterocycles. The lowest BCUT2D eigenvalue weighted by molar-refractivity contribution is -0.137. The van der Waals surface area contributed by atoms with E-state index >= 15 is 0 Å². The maximum atomic E-state index is 12.8. The van der Waals surface area contributed by atoms with E-state index in [1.807, 2.05) is 0 Å². The van der Waals surface area contributed by atoms with Gasteiger partial charge in [0.25, 0.3) is 0 Å². The lowest BCUT2D eigenvalue weighted by Gasteiger charge is -2.30. The molecule has 2 aromatic rings. The Balaban J connectivity index is 1.76. The smallest absolute Gasteiger partial charge is 0.416 e. The fourth-order valence-electron chi connectivity index (χ4n) is 2.74. The third-order valence-corrected chi connectivity index (χ3v) is 6.10. The Morgan fingerprint density at radius 3 is 2.30 bits per heavy atom. The molecule has 1 atom stereocenters. The molecule has 0 fully saturated rings. The summed E-state index contributed by atoms with van der Waals surface area (Å²) in [5.41, 5.74) is -0.898. The van der Waals surface area contributed by atoms with Gasteiger partial charge in [0.1, 0.15) is 12.7 Å². The van der Waals surface area contributed by atoms with Crippen molar-refractivity contribution in [2.45, 2.75) is 24.1 Å². The van der Waals surface area contributed by atoms with E-state index in [0.717, 1.165) is 28.6 Å². The number of sulfonamides is 1. The van der Waals surface area contributed by atoms with Crippen molar-refractivity contribution in [3.05, 3.63) is 54.1 Å². The van der Waals surface area contributed by atoms with E-state index in [0.29, 0.717) is 11.5 Å². The summed E-state index contributed by atoms with van der Waals surface area (Å²) < 4.78 is 76.2. The van der Waals surface area contributed by atoms with E-state index in [-0.39, 0.29) is 24.6 Å². The van der Waals surface area contributed by atoms with E-state index in [1.165, 1.54) is 0 Å². The number of alkyl halides is 3. The summed E-state index contributed by atoms with van der Waals surface area (Å²) in [4.78, 5) is -0.200. The third-order valence-electron chi connectivity index (χ3n) is 4.15. The zero-order valence-electron chi connectivity index (χ0n) is 14.4. The molecule has 1 heterocycles. The molecule has 0 radical (unpaired) electrons. The van der Waals surface area contributed by atoms with Crippen molar-refractivity contribution in [3.8, 4) is 11.5 Å². The molecule has 2 aromatic carbocycles. The molecule has 0 aliphatic carbocycles. The SMILES string of the molecule is CCN(CC1COc2ccccc2O1)S(=O)(=O)c1ccc(C(F)(F)F)cc1. The maximum Gasteiger partial charge on any atom is 0.416 e. The number of fused-ring (bicyclic) bond motifs is 1. The van der Waals surface area contributed by atoms with Crippen LogP contribution in [0.5, 0.6) is 11.5 Å². The Morgan fingerprint density at radius 1 is 1.07 bits per heavy atom. The standard InChI is InChI=1S/C18H18F3NO4S/c1-2-22(11-14-12-25-16-5-3-4-6-17(16)26-14)27(23,24)15-9-7-13(8-10-15)18(19,20)21/h3-10,14H,2,11-12H2,1H3. The van der Waals surface area contributed by atoms with Gasteiger partial charge in [-0.05, 0) is 36.4 Å². The predicted molar refractivity (Wildman–Crippen MR) is 92.2 cm³/mol. The van der Waals surface area contributed by atoms with Crippen LogP contribution in [0.4, 0.5) is 13.2 Å². The summed E-state index contributed by atoms with van der Waals surface area (Å²) >= 11 is 0. The number of ether oxygens (including phenoxy) is 2. The summed E-state index contributed by atoms with van der Waals surface area (Å²) in [6, 6.07) is 10.5. The number of hydrogen-bond acceptors (Lipinski definition) is 4. The lowest BCUT2D eigenvalue weighted by atomic mass is 10.2. The highest BCUT2D eigenvalue weighted by Crippen LogP contribution is 2.32. The largest absolute Gasteiger partial charge is 0.486 e. The summed E-state index contributed by atoms with van der Waals surface area (Å²) in [7, 11) is -3.96. The summed E-state index contributed by atoms with van der Waals surface area (Å²) in [6.45, 7) is 1.99. The second kappa shape index (κ2) is 7.40. The van der Waals surface area contributed by atoms with E-state index in [2.05, 4.69) is 0 Å². The average molecular weight is 401 g/mol. The van der Waals surface area contributed by atoms with Gasteiger partial charge in [-0.2, -0.15) is 17.5 Å². The lowest BCUT2D eigenvalue weighted by Crippen LogP contribution is -2.43. The van der Waals surface area contributed by atoms with E-state index in [9.17, 15) is 21.6 Å². The molecule has 0 saturated heterocycles. The molecule has 5 nitrogen and oxygen atoms in total. The number of nitrogens with zero attached hydrogens (tertiary/aromatic N) is 1. The fraction of sp³-hybridized carbons (Fsp3) is 0.333. The number of para-hydroxylation sites is 2. The molecule has 1 aliphatic rings. The molecule has 9 heteroatoms. The molecule has 1 unspecified atom stereocenters. The molecule has 0 saturated carbocycles. The Morgan fingerprint density at radius 2 is 1.70 bits per heavy atom. The normalized spacial score (nSPS) is 17.1. The molecule has 0 spiro atoms. The number of hydrogen-bond donors (Lipinski definition) is 0. The Hall–Kier alpha value is -2.26. The van der Waals surface area contributed by atoms with Crippen molar-refractivity contribution >= 4 is 10.0 Å². The van der Waals surface area contributed by atoms with Crippen LogP contribution in [0, 0.1) is 0 Å². The van der Waals surface area contributed by atoms with Crippen LogP contribution in [0.25, 0.3) is 0 Å². The van der Waals surface area contributed by atoms with Gasteiger partial charge in [-0.3, -0.25) is 0 Å². The molecule has 0 amide bonds. The first-order valence-electron chi connectivity index (χ1n) is 8.27. The third kappa shape index (κ3) is 4.19. The van der Waals surface area contributed by atoms with Gasteiger partial charge in [0.05, 0.1) is 17.0 Å². The van der Waals surface area contributed by atoms with Gasteiger partial charge in [0, 0.05) is 6.54 Å². The van der Waals surface area contributed by atoms with Crippen molar-refractivity contribution in [2.24, 2.45) is 0 Å². The minimum atomic E-state index is -4.52. The van der Waals surface area contributed by atoms with Gasteiger partial charge in [0.2, 0.25) is 10.0 Å². The van der Waals surface area contributed by atoms with Crippen molar-refractivity contribution in [3.63, 3.8) is 0 Å². The highest BCUT2D eigenvalue weighted by Gasteiger charge is 2.32. The molecular weight excluding hydrogens is 383 g/mol. The van der Waals surface area contributed by atoms with E-state index < -0.39 is 27.9 Å². The maximum absolute atomic E-state index is 12.8. The molecule has 3 rings (SSSR count). The first kappa shape index (κ1) is 19.5. The monoisotopic (exact) mass is 401 g/mol. The van der Waals surface area contributed by atoms with Gasteiger partial charge >= 0.3 is 6.18 Å². The Kier molecular flexibility index (Phi) is 5.34. The quantitative estimate of drug-likeness (QED) is 0.769. The van der Waals surface area contributed by atoms with Crippen LogP contribution in [0.1, 0.15) is 12.5 Å². The molecule has 0 N–H and O–H groups in total. The second-order valence-corrected chi connectivity index (χ2v) is 7.91. The van der Waals surface area contributed by atoms with Crippen LogP contribution in [-0.2, 0) is 16.2 Å². The molecule has 1 aliphatic heterocycles. The molecule has 146 valence electrons.